The predicted molar refractivity (Wildman–Crippen MR) is 61.0 cm³/mol. The fourth-order valence-corrected chi connectivity index (χ4v) is 3.63. The Kier molecular flexibility index (Phi) is 2.85. The number of thiophene rings is 1. The predicted octanol–water partition coefficient (Wildman–Crippen LogP) is 0.913. The lowest BCUT2D eigenvalue weighted by Gasteiger charge is -2.28. The van der Waals surface area contributed by atoms with Crippen LogP contribution in [0.25, 0.3) is 0 Å². The lowest BCUT2D eigenvalue weighted by atomic mass is 10.1. The third-order valence-corrected chi connectivity index (χ3v) is 5.47. The molecule has 0 saturated heterocycles. The monoisotopic (exact) mass is 246 g/mol. The summed E-state index contributed by atoms with van der Waals surface area (Å²) in [4.78, 5) is 1.32. The fourth-order valence-electron chi connectivity index (χ4n) is 1.65. The second kappa shape index (κ2) is 3.86. The summed E-state index contributed by atoms with van der Waals surface area (Å²) in [6.45, 7) is 1.10. The van der Waals surface area contributed by atoms with Crippen molar-refractivity contribution in [1.29, 1.82) is 0 Å². The zero-order valence-electron chi connectivity index (χ0n) is 8.80. The van der Waals surface area contributed by atoms with Crippen LogP contribution >= 0.6 is 11.3 Å². The molecule has 2 heterocycles. The van der Waals surface area contributed by atoms with Crippen LogP contribution in [0.4, 0.5) is 0 Å². The van der Waals surface area contributed by atoms with E-state index in [1.54, 1.807) is 25.4 Å². The average molecular weight is 246 g/mol. The number of hydrogen-bond acceptors (Lipinski definition) is 3. The SMILES string of the molecule is CN(C)S(=O)(=O)N1CCc2sccc2C1. The molecule has 6 heteroatoms. The second-order valence-electron chi connectivity index (χ2n) is 3.74. The van der Waals surface area contributed by atoms with Crippen molar-refractivity contribution in [3.63, 3.8) is 0 Å². The van der Waals surface area contributed by atoms with Crippen LogP contribution < -0.4 is 0 Å². The molecule has 0 aliphatic carbocycles. The van der Waals surface area contributed by atoms with Gasteiger partial charge < -0.3 is 0 Å². The van der Waals surface area contributed by atoms with E-state index in [4.69, 9.17) is 0 Å². The quantitative estimate of drug-likeness (QED) is 0.778. The Balaban J connectivity index is 2.24. The number of fused-ring (bicyclic) bond motifs is 1. The highest BCUT2D eigenvalue weighted by Crippen LogP contribution is 2.25. The molecule has 1 aromatic rings. The third kappa shape index (κ3) is 1.94. The van der Waals surface area contributed by atoms with Gasteiger partial charge in [-0.3, -0.25) is 0 Å². The molecule has 1 aliphatic rings. The van der Waals surface area contributed by atoms with E-state index in [-0.39, 0.29) is 0 Å². The minimum Gasteiger partial charge on any atom is -0.195 e. The molecule has 0 spiro atoms. The van der Waals surface area contributed by atoms with Gasteiger partial charge >= 0.3 is 0 Å². The van der Waals surface area contributed by atoms with Crippen LogP contribution in [-0.4, -0.2) is 37.7 Å². The molecule has 0 atom stereocenters. The largest absolute Gasteiger partial charge is 0.281 e. The van der Waals surface area contributed by atoms with Crippen LogP contribution in [-0.2, 0) is 23.2 Å². The van der Waals surface area contributed by atoms with Gasteiger partial charge in [0.1, 0.15) is 0 Å². The van der Waals surface area contributed by atoms with Gasteiger partial charge in [0.25, 0.3) is 10.2 Å². The topological polar surface area (TPSA) is 40.6 Å². The van der Waals surface area contributed by atoms with Gasteiger partial charge in [0, 0.05) is 32.1 Å². The van der Waals surface area contributed by atoms with Crippen LogP contribution in [0, 0.1) is 0 Å². The summed E-state index contributed by atoms with van der Waals surface area (Å²) in [5, 5.41) is 2.02. The molecule has 0 aromatic carbocycles. The molecule has 84 valence electrons. The summed E-state index contributed by atoms with van der Waals surface area (Å²) in [7, 11) is -0.113. The summed E-state index contributed by atoms with van der Waals surface area (Å²) in [5.41, 5.74) is 1.15. The molecular weight excluding hydrogens is 232 g/mol. The highest BCUT2D eigenvalue weighted by Gasteiger charge is 2.28. The maximum Gasteiger partial charge on any atom is 0.281 e. The van der Waals surface area contributed by atoms with Crippen molar-refractivity contribution in [1.82, 2.24) is 8.61 Å². The molecule has 15 heavy (non-hydrogen) atoms. The fraction of sp³-hybridized carbons (Fsp3) is 0.556. The zero-order valence-corrected chi connectivity index (χ0v) is 10.4. The first-order chi connectivity index (χ1) is 7.01. The van der Waals surface area contributed by atoms with Crippen molar-refractivity contribution in [3.05, 3.63) is 21.9 Å². The van der Waals surface area contributed by atoms with Gasteiger partial charge in [0.05, 0.1) is 0 Å². The molecule has 4 nitrogen and oxygen atoms in total. The Morgan fingerprint density at radius 2 is 2.20 bits per heavy atom. The lowest BCUT2D eigenvalue weighted by molar-refractivity contribution is 0.361. The van der Waals surface area contributed by atoms with Crippen molar-refractivity contribution in [3.8, 4) is 0 Å². The number of hydrogen-bond donors (Lipinski definition) is 0. The maximum atomic E-state index is 11.9. The maximum absolute atomic E-state index is 11.9. The first-order valence-electron chi connectivity index (χ1n) is 4.74. The van der Waals surface area contributed by atoms with E-state index in [0.717, 1.165) is 12.0 Å². The van der Waals surface area contributed by atoms with Crippen LogP contribution in [0.2, 0.25) is 0 Å². The van der Waals surface area contributed by atoms with Crippen LogP contribution in [0.3, 0.4) is 0 Å². The standard InChI is InChI=1S/C9H14N2O2S2/c1-10(2)15(12,13)11-5-3-9-8(7-11)4-6-14-9/h4,6H,3,5,7H2,1-2H3. The molecular formula is C9H14N2O2S2. The summed E-state index contributed by atoms with van der Waals surface area (Å²) < 4.78 is 26.5. The molecule has 0 saturated carbocycles. The zero-order chi connectivity index (χ0) is 11.1. The molecule has 1 aliphatic heterocycles. The van der Waals surface area contributed by atoms with Gasteiger partial charge in [-0.15, -0.1) is 11.3 Å². The first kappa shape index (κ1) is 11.1. The Morgan fingerprint density at radius 1 is 1.47 bits per heavy atom. The van der Waals surface area contributed by atoms with Gasteiger partial charge in [-0.1, -0.05) is 0 Å². The molecule has 2 rings (SSSR count). The van der Waals surface area contributed by atoms with Crippen LogP contribution in [0.1, 0.15) is 10.4 Å². The van der Waals surface area contributed by atoms with Gasteiger partial charge in [-0.25, -0.2) is 0 Å². The molecule has 0 N–H and O–H groups in total. The van der Waals surface area contributed by atoms with E-state index in [0.29, 0.717) is 13.1 Å². The van der Waals surface area contributed by atoms with E-state index in [9.17, 15) is 8.42 Å². The molecule has 0 fully saturated rings. The molecule has 0 unspecified atom stereocenters. The van der Waals surface area contributed by atoms with E-state index >= 15 is 0 Å². The summed E-state index contributed by atoms with van der Waals surface area (Å²) >= 11 is 1.71. The van der Waals surface area contributed by atoms with Crippen molar-refractivity contribution in [2.45, 2.75) is 13.0 Å². The highest BCUT2D eigenvalue weighted by molar-refractivity contribution is 7.86. The minimum atomic E-state index is -3.25. The van der Waals surface area contributed by atoms with Crippen LogP contribution in [0.15, 0.2) is 11.4 Å². The summed E-state index contributed by atoms with van der Waals surface area (Å²) in [6.07, 6.45) is 0.833. The van der Waals surface area contributed by atoms with Gasteiger partial charge in [-0.05, 0) is 23.4 Å². The van der Waals surface area contributed by atoms with Gasteiger partial charge in [0.2, 0.25) is 0 Å². The van der Waals surface area contributed by atoms with Crippen molar-refractivity contribution in [2.24, 2.45) is 0 Å². The van der Waals surface area contributed by atoms with E-state index in [1.165, 1.54) is 13.5 Å². The van der Waals surface area contributed by atoms with E-state index in [1.807, 2.05) is 11.4 Å². The van der Waals surface area contributed by atoms with E-state index in [2.05, 4.69) is 0 Å². The molecule has 1 aromatic heterocycles. The third-order valence-electron chi connectivity index (χ3n) is 2.56. The van der Waals surface area contributed by atoms with Crippen molar-refractivity contribution >= 4 is 21.5 Å². The smallest absolute Gasteiger partial charge is 0.195 e. The molecule has 0 bridgehead atoms. The summed E-state index contributed by atoms with van der Waals surface area (Å²) in [6, 6.07) is 2.01. The second-order valence-corrected chi connectivity index (χ2v) is 6.89. The molecule has 0 amide bonds. The Labute approximate surface area is 94.3 Å². The number of rotatable bonds is 2. The average Bonchev–Trinajstić information content (AvgIpc) is 2.63. The summed E-state index contributed by atoms with van der Waals surface area (Å²) in [5.74, 6) is 0. The normalized spacial score (nSPS) is 18.1. The van der Waals surface area contributed by atoms with Crippen molar-refractivity contribution in [2.75, 3.05) is 20.6 Å². The van der Waals surface area contributed by atoms with Gasteiger partial charge in [0.15, 0.2) is 0 Å². The van der Waals surface area contributed by atoms with Crippen LogP contribution in [0.5, 0.6) is 0 Å². The molecule has 0 radical (unpaired) electrons. The highest BCUT2D eigenvalue weighted by atomic mass is 32.2. The van der Waals surface area contributed by atoms with Gasteiger partial charge in [-0.2, -0.15) is 17.0 Å². The Hall–Kier alpha value is -0.430. The Morgan fingerprint density at radius 3 is 2.87 bits per heavy atom. The van der Waals surface area contributed by atoms with E-state index < -0.39 is 10.2 Å². The van der Waals surface area contributed by atoms with Crippen molar-refractivity contribution < 1.29 is 8.42 Å². The number of nitrogens with zero attached hydrogens (tertiary/aromatic N) is 2. The first-order valence-corrected chi connectivity index (χ1v) is 7.02. The Bertz CT molecular complexity index is 450. The lowest BCUT2D eigenvalue weighted by Crippen LogP contribution is -2.42. The minimum absolute atomic E-state index is 0.513.